The molecule has 2 unspecified atom stereocenters. The van der Waals surface area contributed by atoms with Crippen molar-refractivity contribution in [1.82, 2.24) is 25.1 Å². The molecule has 9 nitrogen and oxygen atoms in total. The van der Waals surface area contributed by atoms with Crippen molar-refractivity contribution in [3.63, 3.8) is 0 Å². The van der Waals surface area contributed by atoms with Crippen molar-refractivity contribution in [2.45, 2.75) is 46.1 Å². The molecule has 2 aromatic carbocycles. The minimum Gasteiger partial charge on any atom is -0.383 e. The Morgan fingerprint density at radius 2 is 1.89 bits per heavy atom. The van der Waals surface area contributed by atoms with Crippen molar-refractivity contribution in [2.75, 3.05) is 4.72 Å². The van der Waals surface area contributed by atoms with Crippen molar-refractivity contribution in [3.8, 4) is 5.75 Å². The van der Waals surface area contributed by atoms with E-state index in [-0.39, 0.29) is 22.1 Å². The van der Waals surface area contributed by atoms with Crippen molar-refractivity contribution < 1.29 is 13.2 Å². The monoisotopic (exact) mass is 548 g/mol. The SMILES string of the molecule is Cc1ccc(NS(=O)Oc2cc(Cl)ccc2Cl)cc1C(=O)NC(C)c1nnc2cc(C(C)(C)C)[nH]n12. The molecule has 4 rings (SSSR count). The molecule has 3 N–H and O–H groups in total. The lowest BCUT2D eigenvalue weighted by Crippen LogP contribution is -2.29. The molecule has 0 fully saturated rings. The van der Waals surface area contributed by atoms with Gasteiger partial charge in [0, 0.05) is 33.8 Å². The maximum absolute atomic E-state index is 13.1. The van der Waals surface area contributed by atoms with E-state index in [1.54, 1.807) is 34.8 Å². The number of anilines is 1. The van der Waals surface area contributed by atoms with Crippen molar-refractivity contribution in [2.24, 2.45) is 0 Å². The van der Waals surface area contributed by atoms with Crippen LogP contribution in [0, 0.1) is 6.92 Å². The van der Waals surface area contributed by atoms with Crippen LogP contribution in [0.3, 0.4) is 0 Å². The van der Waals surface area contributed by atoms with Gasteiger partial charge in [-0.2, -0.15) is 4.21 Å². The molecule has 0 aliphatic rings. The minimum absolute atomic E-state index is 0.0864. The highest BCUT2D eigenvalue weighted by Gasteiger charge is 2.23. The van der Waals surface area contributed by atoms with Gasteiger partial charge in [-0.15, -0.1) is 10.2 Å². The highest BCUT2D eigenvalue weighted by Crippen LogP contribution is 2.29. The van der Waals surface area contributed by atoms with E-state index in [0.717, 1.165) is 11.3 Å². The molecule has 0 radical (unpaired) electrons. The maximum atomic E-state index is 13.1. The summed E-state index contributed by atoms with van der Waals surface area (Å²) in [5.74, 6) is 0.439. The average molecular weight is 549 g/mol. The van der Waals surface area contributed by atoms with Crippen LogP contribution in [0.1, 0.15) is 61.2 Å². The molecule has 0 aliphatic carbocycles. The van der Waals surface area contributed by atoms with Gasteiger partial charge in [0.15, 0.2) is 17.2 Å². The molecular weight excluding hydrogens is 523 g/mol. The second-order valence-electron chi connectivity index (χ2n) is 9.39. The molecule has 1 amide bonds. The van der Waals surface area contributed by atoms with Crippen LogP contribution in [0.4, 0.5) is 5.69 Å². The van der Waals surface area contributed by atoms with Gasteiger partial charge < -0.3 is 9.50 Å². The van der Waals surface area contributed by atoms with Crippen LogP contribution in [0.5, 0.6) is 5.75 Å². The van der Waals surface area contributed by atoms with Gasteiger partial charge in [-0.1, -0.05) is 50.0 Å². The molecule has 0 saturated carbocycles. The van der Waals surface area contributed by atoms with Crippen LogP contribution in [-0.4, -0.2) is 29.9 Å². The third-order valence-electron chi connectivity index (χ3n) is 5.50. The molecule has 2 heterocycles. The predicted octanol–water partition coefficient (Wildman–Crippen LogP) is 5.53. The van der Waals surface area contributed by atoms with Gasteiger partial charge in [-0.25, -0.2) is 4.52 Å². The number of hydrogen-bond donors (Lipinski definition) is 3. The van der Waals surface area contributed by atoms with Crippen LogP contribution in [-0.2, 0) is 16.7 Å². The number of H-pyrrole nitrogens is 1. The molecule has 36 heavy (non-hydrogen) atoms. The molecule has 0 aliphatic heterocycles. The van der Waals surface area contributed by atoms with Crippen molar-refractivity contribution in [3.05, 3.63) is 75.2 Å². The number of carbonyl (C=O) groups is 1. The zero-order chi connectivity index (χ0) is 26.2. The van der Waals surface area contributed by atoms with E-state index in [1.165, 1.54) is 6.07 Å². The predicted molar refractivity (Wildman–Crippen MR) is 142 cm³/mol. The molecule has 4 aromatic rings. The summed E-state index contributed by atoms with van der Waals surface area (Å²) in [6.45, 7) is 9.95. The standard InChI is InChI=1S/C24H26Cl2N6O3S/c1-13-6-8-16(31-36(34)35-19-10-15(25)7-9-18(19)26)11-17(13)23(33)27-14(2)22-29-28-21-12-20(24(3,4)5)30-32(21)22/h6-12,14,30-31H,1-5H3,(H,27,33). The van der Waals surface area contributed by atoms with E-state index in [1.807, 2.05) is 19.9 Å². The molecule has 2 aromatic heterocycles. The first-order valence-corrected chi connectivity index (χ1v) is 12.9. The zero-order valence-electron chi connectivity index (χ0n) is 20.3. The summed E-state index contributed by atoms with van der Waals surface area (Å²) in [4.78, 5) is 13.1. The number of nitrogens with zero attached hydrogens (tertiary/aromatic N) is 3. The fourth-order valence-corrected chi connectivity index (χ4v) is 4.50. The summed E-state index contributed by atoms with van der Waals surface area (Å²) in [5, 5.41) is 15.4. The lowest BCUT2D eigenvalue weighted by Gasteiger charge is -2.16. The average Bonchev–Trinajstić information content (AvgIpc) is 3.38. The molecule has 0 bridgehead atoms. The van der Waals surface area contributed by atoms with Gasteiger partial charge in [0.1, 0.15) is 0 Å². The van der Waals surface area contributed by atoms with Gasteiger partial charge >= 0.3 is 11.3 Å². The second kappa shape index (κ2) is 10.1. The summed E-state index contributed by atoms with van der Waals surface area (Å²) in [6.07, 6.45) is 0. The Kier molecular flexibility index (Phi) is 7.31. The number of benzene rings is 2. The Balaban J connectivity index is 1.48. The summed E-state index contributed by atoms with van der Waals surface area (Å²) in [5.41, 5.74) is 3.19. The highest BCUT2D eigenvalue weighted by atomic mass is 35.5. The summed E-state index contributed by atoms with van der Waals surface area (Å²) >= 11 is 10.0. The number of aromatic amines is 1. The van der Waals surface area contributed by atoms with Crippen molar-refractivity contribution >= 4 is 51.7 Å². The van der Waals surface area contributed by atoms with E-state index in [2.05, 4.69) is 46.1 Å². The quantitative estimate of drug-likeness (QED) is 0.281. The molecule has 0 spiro atoms. The van der Waals surface area contributed by atoms with Crippen LogP contribution in [0.25, 0.3) is 5.65 Å². The van der Waals surface area contributed by atoms with E-state index < -0.39 is 17.3 Å². The number of halogens is 2. The number of fused-ring (bicyclic) bond motifs is 1. The maximum Gasteiger partial charge on any atom is 0.316 e. The second-order valence-corrected chi connectivity index (χ2v) is 11.1. The van der Waals surface area contributed by atoms with Crippen LogP contribution in [0.2, 0.25) is 10.0 Å². The normalized spacial score (nSPS) is 13.4. The Morgan fingerprint density at radius 3 is 2.61 bits per heavy atom. The first kappa shape index (κ1) is 26.0. The number of carbonyl (C=O) groups excluding carboxylic acids is 1. The van der Waals surface area contributed by atoms with Gasteiger partial charge in [0.2, 0.25) is 0 Å². The Hall–Kier alpha value is -3.08. The first-order valence-electron chi connectivity index (χ1n) is 11.1. The Morgan fingerprint density at radius 1 is 1.14 bits per heavy atom. The largest absolute Gasteiger partial charge is 0.383 e. The Bertz CT molecular complexity index is 1460. The molecule has 0 saturated heterocycles. The molecule has 190 valence electrons. The van der Waals surface area contributed by atoms with Crippen LogP contribution >= 0.6 is 23.2 Å². The van der Waals surface area contributed by atoms with Crippen molar-refractivity contribution in [1.29, 1.82) is 0 Å². The number of hydrogen-bond acceptors (Lipinski definition) is 5. The third-order valence-corrected chi connectivity index (χ3v) is 6.78. The van der Waals surface area contributed by atoms with E-state index in [0.29, 0.717) is 27.7 Å². The van der Waals surface area contributed by atoms with Crippen LogP contribution in [0.15, 0.2) is 42.5 Å². The lowest BCUT2D eigenvalue weighted by atomic mass is 9.93. The third kappa shape index (κ3) is 5.66. The van der Waals surface area contributed by atoms with E-state index in [9.17, 15) is 9.00 Å². The fraction of sp³-hybridized carbons (Fsp3) is 0.292. The number of aromatic nitrogens is 4. The number of amides is 1. The first-order chi connectivity index (χ1) is 16.9. The summed E-state index contributed by atoms with van der Waals surface area (Å²) in [6, 6.07) is 11.2. The summed E-state index contributed by atoms with van der Waals surface area (Å²) < 4.78 is 22.4. The number of rotatable bonds is 7. The lowest BCUT2D eigenvalue weighted by molar-refractivity contribution is 0.0937. The Labute approximate surface area is 221 Å². The molecule has 12 heteroatoms. The van der Waals surface area contributed by atoms with Gasteiger partial charge in [-0.3, -0.25) is 14.6 Å². The van der Waals surface area contributed by atoms with Gasteiger partial charge in [0.05, 0.1) is 16.8 Å². The van der Waals surface area contributed by atoms with Gasteiger partial charge in [0.25, 0.3) is 5.91 Å². The fourth-order valence-electron chi connectivity index (χ4n) is 3.47. The van der Waals surface area contributed by atoms with Crippen LogP contribution < -0.4 is 14.2 Å². The topological polar surface area (TPSA) is 113 Å². The minimum atomic E-state index is -1.98. The molecular formula is C24H26Cl2N6O3S. The zero-order valence-corrected chi connectivity index (χ0v) is 22.7. The number of aryl methyl sites for hydroxylation is 1. The number of nitrogens with one attached hydrogen (secondary N) is 3. The molecule has 2 atom stereocenters. The van der Waals surface area contributed by atoms with E-state index in [4.69, 9.17) is 27.4 Å². The highest BCUT2D eigenvalue weighted by molar-refractivity contribution is 7.82. The van der Waals surface area contributed by atoms with Gasteiger partial charge in [-0.05, 0) is 43.7 Å². The summed E-state index contributed by atoms with van der Waals surface area (Å²) in [7, 11) is 0. The van der Waals surface area contributed by atoms with E-state index >= 15 is 0 Å². The smallest absolute Gasteiger partial charge is 0.316 e.